The molecule has 0 atom stereocenters. The summed E-state index contributed by atoms with van der Waals surface area (Å²) in [6.07, 6.45) is 1.49. The first-order chi connectivity index (χ1) is 7.31. The highest BCUT2D eigenvalue weighted by atomic mass is 32.1. The first-order valence-corrected chi connectivity index (χ1v) is 5.97. The molecule has 0 aromatic heterocycles. The van der Waals surface area contributed by atoms with Crippen molar-refractivity contribution in [1.82, 2.24) is 5.32 Å². The van der Waals surface area contributed by atoms with E-state index in [0.717, 1.165) is 13.0 Å². The molecule has 0 bridgehead atoms. The maximum Gasteiger partial charge on any atom is 0.220 e. The fourth-order valence-corrected chi connectivity index (χ4v) is 1.12. The second kappa shape index (κ2) is 11.8. The van der Waals surface area contributed by atoms with Crippen LogP contribution in [0.25, 0.3) is 0 Å². The summed E-state index contributed by atoms with van der Waals surface area (Å²) in [5.74, 6) is 0.605. The van der Waals surface area contributed by atoms with Crippen LogP contribution >= 0.6 is 12.6 Å². The number of hydrogen-bond donors (Lipinski definition) is 2. The Morgan fingerprint density at radius 2 is 1.87 bits per heavy atom. The molecule has 0 aromatic rings. The maximum atomic E-state index is 11.0. The first-order valence-electron chi connectivity index (χ1n) is 5.34. The van der Waals surface area contributed by atoms with Crippen molar-refractivity contribution in [2.45, 2.75) is 19.8 Å². The second-order valence-electron chi connectivity index (χ2n) is 3.05. The number of nitrogens with one attached hydrogen (secondary N) is 1. The van der Waals surface area contributed by atoms with E-state index in [1.165, 1.54) is 0 Å². The highest BCUT2D eigenvalue weighted by Crippen LogP contribution is 1.84. The lowest BCUT2D eigenvalue weighted by Gasteiger charge is -2.06. The van der Waals surface area contributed by atoms with Gasteiger partial charge >= 0.3 is 0 Å². The van der Waals surface area contributed by atoms with Crippen LogP contribution in [0.1, 0.15) is 19.8 Å². The zero-order valence-electron chi connectivity index (χ0n) is 9.33. The van der Waals surface area contributed by atoms with Crippen LogP contribution in [0.2, 0.25) is 0 Å². The molecular weight excluding hydrogens is 214 g/mol. The van der Waals surface area contributed by atoms with Crippen LogP contribution in [-0.4, -0.2) is 44.6 Å². The highest BCUT2D eigenvalue weighted by molar-refractivity contribution is 7.80. The summed E-state index contributed by atoms with van der Waals surface area (Å²) in [4.78, 5) is 11.0. The molecule has 0 saturated heterocycles. The molecule has 0 saturated carbocycles. The van der Waals surface area contributed by atoms with Gasteiger partial charge in [-0.1, -0.05) is 6.92 Å². The Labute approximate surface area is 97.1 Å². The number of rotatable bonds is 10. The summed E-state index contributed by atoms with van der Waals surface area (Å²) < 4.78 is 10.5. The van der Waals surface area contributed by atoms with Crippen LogP contribution in [0, 0.1) is 0 Å². The zero-order chi connectivity index (χ0) is 11.4. The number of hydrogen-bond acceptors (Lipinski definition) is 4. The Morgan fingerprint density at radius 1 is 1.20 bits per heavy atom. The summed E-state index contributed by atoms with van der Waals surface area (Å²) >= 11 is 3.96. The van der Waals surface area contributed by atoms with Gasteiger partial charge in [0.05, 0.1) is 19.8 Å². The molecule has 0 radical (unpaired) electrons. The van der Waals surface area contributed by atoms with Crippen molar-refractivity contribution in [3.8, 4) is 0 Å². The zero-order valence-corrected chi connectivity index (χ0v) is 10.2. The standard InChI is InChI=1S/C10H21NO3S/c1-2-5-13-7-8-14-6-4-11-10(12)3-9-15/h15H,2-9H2,1H3,(H,11,12). The van der Waals surface area contributed by atoms with Crippen LogP contribution in [-0.2, 0) is 14.3 Å². The monoisotopic (exact) mass is 235 g/mol. The van der Waals surface area contributed by atoms with Gasteiger partial charge in [-0.25, -0.2) is 0 Å². The number of thiol groups is 1. The summed E-state index contributed by atoms with van der Waals surface area (Å²) in [5.41, 5.74) is 0. The number of ether oxygens (including phenoxy) is 2. The van der Waals surface area contributed by atoms with Gasteiger partial charge in [0.2, 0.25) is 5.91 Å². The molecule has 0 aliphatic heterocycles. The van der Waals surface area contributed by atoms with Crippen molar-refractivity contribution in [2.75, 3.05) is 38.7 Å². The van der Waals surface area contributed by atoms with E-state index in [9.17, 15) is 4.79 Å². The lowest BCUT2D eigenvalue weighted by molar-refractivity contribution is -0.120. The Kier molecular flexibility index (Phi) is 11.6. The van der Waals surface area contributed by atoms with Gasteiger partial charge in [0.1, 0.15) is 0 Å². The predicted molar refractivity (Wildman–Crippen MR) is 63.4 cm³/mol. The summed E-state index contributed by atoms with van der Waals surface area (Å²) in [7, 11) is 0. The summed E-state index contributed by atoms with van der Waals surface area (Å²) in [6, 6.07) is 0. The Balaban J connectivity index is 3.01. The van der Waals surface area contributed by atoms with Crippen LogP contribution in [0.15, 0.2) is 0 Å². The summed E-state index contributed by atoms with van der Waals surface area (Å²) in [5, 5.41) is 2.73. The quantitative estimate of drug-likeness (QED) is 0.436. The molecule has 4 nitrogen and oxygen atoms in total. The molecular formula is C10H21NO3S. The van der Waals surface area contributed by atoms with Crippen molar-refractivity contribution in [3.63, 3.8) is 0 Å². The van der Waals surface area contributed by atoms with Gasteiger partial charge in [-0.15, -0.1) is 0 Å². The smallest absolute Gasteiger partial charge is 0.220 e. The van der Waals surface area contributed by atoms with E-state index in [4.69, 9.17) is 9.47 Å². The molecule has 0 heterocycles. The molecule has 0 spiro atoms. The first kappa shape index (κ1) is 14.7. The Hall–Kier alpha value is -0.260. The molecule has 15 heavy (non-hydrogen) atoms. The minimum absolute atomic E-state index is 0.0239. The van der Waals surface area contributed by atoms with E-state index in [-0.39, 0.29) is 5.91 Å². The average molecular weight is 235 g/mol. The lowest BCUT2D eigenvalue weighted by atomic mass is 10.4. The fourth-order valence-electron chi connectivity index (χ4n) is 0.919. The minimum Gasteiger partial charge on any atom is -0.379 e. The SMILES string of the molecule is CCCOCCOCCNC(=O)CCS. The van der Waals surface area contributed by atoms with Crippen molar-refractivity contribution >= 4 is 18.5 Å². The predicted octanol–water partition coefficient (Wildman–Crippen LogP) is 0.866. The van der Waals surface area contributed by atoms with E-state index in [0.29, 0.717) is 38.5 Å². The summed E-state index contributed by atoms with van der Waals surface area (Å²) in [6.45, 7) is 5.15. The molecule has 90 valence electrons. The lowest BCUT2D eigenvalue weighted by Crippen LogP contribution is -2.27. The van der Waals surface area contributed by atoms with Gasteiger partial charge in [-0.3, -0.25) is 4.79 Å². The van der Waals surface area contributed by atoms with Crippen molar-refractivity contribution in [3.05, 3.63) is 0 Å². The largest absolute Gasteiger partial charge is 0.379 e. The highest BCUT2D eigenvalue weighted by Gasteiger charge is 1.97. The van der Waals surface area contributed by atoms with Crippen LogP contribution < -0.4 is 5.32 Å². The normalized spacial score (nSPS) is 10.3. The third-order valence-corrected chi connectivity index (χ3v) is 1.85. The molecule has 0 aliphatic carbocycles. The molecule has 0 rings (SSSR count). The fraction of sp³-hybridized carbons (Fsp3) is 0.900. The number of carbonyl (C=O) groups is 1. The van der Waals surface area contributed by atoms with Gasteiger partial charge in [0.15, 0.2) is 0 Å². The minimum atomic E-state index is 0.0239. The molecule has 0 aromatic carbocycles. The van der Waals surface area contributed by atoms with E-state index in [1.807, 2.05) is 0 Å². The van der Waals surface area contributed by atoms with Crippen LogP contribution in [0.4, 0.5) is 0 Å². The topological polar surface area (TPSA) is 47.6 Å². The van der Waals surface area contributed by atoms with Crippen molar-refractivity contribution in [2.24, 2.45) is 0 Å². The molecule has 0 unspecified atom stereocenters. The van der Waals surface area contributed by atoms with Gasteiger partial charge < -0.3 is 14.8 Å². The molecule has 5 heteroatoms. The van der Waals surface area contributed by atoms with Crippen LogP contribution in [0.3, 0.4) is 0 Å². The molecule has 0 aliphatic rings. The van der Waals surface area contributed by atoms with Crippen molar-refractivity contribution in [1.29, 1.82) is 0 Å². The average Bonchev–Trinajstić information content (AvgIpc) is 2.22. The second-order valence-corrected chi connectivity index (χ2v) is 3.50. The van der Waals surface area contributed by atoms with Gasteiger partial charge in [-0.05, 0) is 12.2 Å². The van der Waals surface area contributed by atoms with E-state index in [1.54, 1.807) is 0 Å². The van der Waals surface area contributed by atoms with Gasteiger partial charge in [0, 0.05) is 19.6 Å². The number of amides is 1. The molecule has 1 N–H and O–H groups in total. The van der Waals surface area contributed by atoms with E-state index in [2.05, 4.69) is 24.9 Å². The van der Waals surface area contributed by atoms with Gasteiger partial charge in [-0.2, -0.15) is 12.6 Å². The van der Waals surface area contributed by atoms with Gasteiger partial charge in [0.25, 0.3) is 0 Å². The van der Waals surface area contributed by atoms with E-state index >= 15 is 0 Å². The Morgan fingerprint density at radius 3 is 2.47 bits per heavy atom. The molecule has 1 amide bonds. The Bertz CT molecular complexity index is 156. The third-order valence-electron chi connectivity index (χ3n) is 1.63. The van der Waals surface area contributed by atoms with Crippen LogP contribution in [0.5, 0.6) is 0 Å². The van der Waals surface area contributed by atoms with Crippen molar-refractivity contribution < 1.29 is 14.3 Å². The molecule has 0 fully saturated rings. The maximum absolute atomic E-state index is 11.0. The third kappa shape index (κ3) is 11.7. The number of carbonyl (C=O) groups excluding carboxylic acids is 1. The van der Waals surface area contributed by atoms with E-state index < -0.39 is 0 Å².